The van der Waals surface area contributed by atoms with E-state index in [0.717, 1.165) is 22.8 Å². The van der Waals surface area contributed by atoms with Crippen molar-refractivity contribution in [1.29, 1.82) is 0 Å². The van der Waals surface area contributed by atoms with E-state index in [0.29, 0.717) is 5.75 Å². The molecule has 0 aliphatic carbocycles. The first kappa shape index (κ1) is 12.0. The van der Waals surface area contributed by atoms with Gasteiger partial charge in [0.15, 0.2) is 0 Å². The number of aromatic nitrogens is 2. The smallest absolute Gasteiger partial charge is 0.0951 e. The summed E-state index contributed by atoms with van der Waals surface area (Å²) in [4.78, 5) is 5.13. The summed E-state index contributed by atoms with van der Waals surface area (Å²) in [5.41, 5.74) is 2.03. The van der Waals surface area contributed by atoms with E-state index < -0.39 is 10.8 Å². The minimum absolute atomic E-state index is 0.531. The molecule has 0 aliphatic rings. The van der Waals surface area contributed by atoms with Crippen LogP contribution in [0.1, 0.15) is 18.3 Å². The molecule has 2 aromatic rings. The summed E-state index contributed by atoms with van der Waals surface area (Å²) in [6.07, 6.45) is 1.81. The summed E-state index contributed by atoms with van der Waals surface area (Å²) >= 11 is 0. The van der Waals surface area contributed by atoms with Crippen LogP contribution in [0.15, 0.2) is 41.6 Å². The maximum Gasteiger partial charge on any atom is 0.0951 e. The van der Waals surface area contributed by atoms with Crippen molar-refractivity contribution in [2.45, 2.75) is 31.0 Å². The zero-order valence-corrected chi connectivity index (χ0v) is 10.9. The van der Waals surface area contributed by atoms with Crippen molar-refractivity contribution in [3.63, 3.8) is 0 Å². The molecule has 1 atom stereocenters. The molecule has 1 aromatic carbocycles. The number of imidazole rings is 1. The van der Waals surface area contributed by atoms with E-state index in [-0.39, 0.29) is 0 Å². The second-order valence-electron chi connectivity index (χ2n) is 3.87. The number of nitrogens with zero attached hydrogens (tertiary/aromatic N) is 2. The molecule has 0 aliphatic heterocycles. The van der Waals surface area contributed by atoms with E-state index in [2.05, 4.69) is 16.5 Å². The van der Waals surface area contributed by atoms with Crippen LogP contribution in [-0.4, -0.2) is 13.8 Å². The van der Waals surface area contributed by atoms with Crippen molar-refractivity contribution in [1.82, 2.24) is 9.55 Å². The second-order valence-corrected chi connectivity index (χ2v) is 5.32. The molecule has 0 N–H and O–H groups in total. The van der Waals surface area contributed by atoms with Crippen molar-refractivity contribution in [3.05, 3.63) is 48.0 Å². The minimum Gasteiger partial charge on any atom is -0.334 e. The molecule has 1 heterocycles. The quantitative estimate of drug-likeness (QED) is 0.833. The van der Waals surface area contributed by atoms with Gasteiger partial charge in [0.25, 0.3) is 0 Å². The Kier molecular flexibility index (Phi) is 3.74. The normalized spacial score (nSPS) is 12.6. The Balaban J connectivity index is 2.21. The lowest BCUT2D eigenvalue weighted by atomic mass is 10.4. The lowest BCUT2D eigenvalue weighted by Crippen LogP contribution is -2.05. The Labute approximate surface area is 104 Å². The Bertz CT molecular complexity index is 519. The van der Waals surface area contributed by atoms with Crippen molar-refractivity contribution in [2.24, 2.45) is 0 Å². The van der Waals surface area contributed by atoms with Gasteiger partial charge < -0.3 is 4.57 Å². The molecule has 0 radical (unpaired) electrons. The third-order valence-electron chi connectivity index (χ3n) is 2.77. The molecule has 0 bridgehead atoms. The Hall–Kier alpha value is -1.42. The molecule has 0 saturated carbocycles. The molecule has 4 heteroatoms. The summed E-state index contributed by atoms with van der Waals surface area (Å²) in [6, 6.07) is 9.56. The first-order chi connectivity index (χ1) is 8.22. The van der Waals surface area contributed by atoms with Crippen LogP contribution in [0.4, 0.5) is 0 Å². The topological polar surface area (TPSA) is 34.9 Å². The maximum absolute atomic E-state index is 12.2. The van der Waals surface area contributed by atoms with E-state index in [1.54, 1.807) is 0 Å². The van der Waals surface area contributed by atoms with Crippen molar-refractivity contribution in [3.8, 4) is 0 Å². The Morgan fingerprint density at radius 1 is 1.29 bits per heavy atom. The van der Waals surface area contributed by atoms with Gasteiger partial charge in [-0.2, -0.15) is 0 Å². The standard InChI is InChI=1S/C13H16N2OS/c1-3-15-10-14-11(2)13(15)9-17(16)12-7-5-4-6-8-12/h4-8,10H,3,9H2,1-2H3. The second kappa shape index (κ2) is 5.27. The minimum atomic E-state index is -0.996. The van der Waals surface area contributed by atoms with E-state index in [1.165, 1.54) is 0 Å². The highest BCUT2D eigenvalue weighted by atomic mass is 32.2. The van der Waals surface area contributed by atoms with Gasteiger partial charge in [-0.25, -0.2) is 4.98 Å². The summed E-state index contributed by atoms with van der Waals surface area (Å²) in [6.45, 7) is 4.89. The molecular weight excluding hydrogens is 232 g/mol. The van der Waals surface area contributed by atoms with E-state index >= 15 is 0 Å². The molecule has 0 saturated heterocycles. The lowest BCUT2D eigenvalue weighted by Gasteiger charge is -2.06. The SMILES string of the molecule is CCn1cnc(C)c1CS(=O)c1ccccc1. The molecule has 0 fully saturated rings. The maximum atomic E-state index is 12.2. The lowest BCUT2D eigenvalue weighted by molar-refractivity contribution is 0.676. The molecule has 1 aromatic heterocycles. The highest BCUT2D eigenvalue weighted by molar-refractivity contribution is 7.84. The van der Waals surface area contributed by atoms with Gasteiger partial charge in [-0.15, -0.1) is 0 Å². The van der Waals surface area contributed by atoms with Gasteiger partial charge in [-0.05, 0) is 26.0 Å². The molecule has 90 valence electrons. The predicted molar refractivity (Wildman–Crippen MR) is 69.2 cm³/mol. The first-order valence-electron chi connectivity index (χ1n) is 5.66. The van der Waals surface area contributed by atoms with Crippen LogP contribution in [-0.2, 0) is 23.1 Å². The molecule has 17 heavy (non-hydrogen) atoms. The van der Waals surface area contributed by atoms with Crippen LogP contribution in [0.2, 0.25) is 0 Å². The predicted octanol–water partition coefficient (Wildman–Crippen LogP) is 2.52. The fourth-order valence-electron chi connectivity index (χ4n) is 1.75. The number of aryl methyl sites for hydroxylation is 2. The zero-order chi connectivity index (χ0) is 12.3. The number of hydrogen-bond acceptors (Lipinski definition) is 2. The van der Waals surface area contributed by atoms with Crippen LogP contribution < -0.4 is 0 Å². The van der Waals surface area contributed by atoms with Crippen molar-refractivity contribution >= 4 is 10.8 Å². The average molecular weight is 248 g/mol. The molecule has 3 nitrogen and oxygen atoms in total. The van der Waals surface area contributed by atoms with Crippen LogP contribution >= 0.6 is 0 Å². The molecule has 0 spiro atoms. The first-order valence-corrected chi connectivity index (χ1v) is 6.98. The van der Waals surface area contributed by atoms with Gasteiger partial charge >= 0.3 is 0 Å². The summed E-state index contributed by atoms with van der Waals surface area (Å²) in [5, 5.41) is 0. The average Bonchev–Trinajstić information content (AvgIpc) is 2.71. The molecule has 0 amide bonds. The fourth-order valence-corrected chi connectivity index (χ4v) is 3.00. The highest BCUT2D eigenvalue weighted by Crippen LogP contribution is 2.14. The largest absolute Gasteiger partial charge is 0.334 e. The summed E-state index contributed by atoms with van der Waals surface area (Å²) in [7, 11) is -0.996. The number of rotatable bonds is 4. The van der Waals surface area contributed by atoms with Crippen LogP contribution in [0.25, 0.3) is 0 Å². The van der Waals surface area contributed by atoms with Gasteiger partial charge in [0.05, 0.1) is 34.3 Å². The number of benzene rings is 1. The zero-order valence-electron chi connectivity index (χ0n) is 10.1. The molecular formula is C13H16N2OS. The van der Waals surface area contributed by atoms with E-state index in [9.17, 15) is 4.21 Å². The van der Waals surface area contributed by atoms with E-state index in [1.807, 2.05) is 43.6 Å². The number of hydrogen-bond donors (Lipinski definition) is 0. The summed E-state index contributed by atoms with van der Waals surface area (Å²) in [5.74, 6) is 0.531. The molecule has 2 rings (SSSR count). The highest BCUT2D eigenvalue weighted by Gasteiger charge is 2.11. The van der Waals surface area contributed by atoms with E-state index in [4.69, 9.17) is 0 Å². The fraction of sp³-hybridized carbons (Fsp3) is 0.308. The van der Waals surface area contributed by atoms with Gasteiger partial charge in [0.1, 0.15) is 0 Å². The van der Waals surface area contributed by atoms with Gasteiger partial charge in [0, 0.05) is 11.4 Å². The van der Waals surface area contributed by atoms with Crippen LogP contribution in [0.3, 0.4) is 0 Å². The monoisotopic (exact) mass is 248 g/mol. The van der Waals surface area contributed by atoms with Gasteiger partial charge in [0.2, 0.25) is 0 Å². The van der Waals surface area contributed by atoms with Gasteiger partial charge in [-0.3, -0.25) is 4.21 Å². The molecule has 1 unspecified atom stereocenters. The van der Waals surface area contributed by atoms with Crippen molar-refractivity contribution < 1.29 is 4.21 Å². The van der Waals surface area contributed by atoms with Crippen LogP contribution in [0.5, 0.6) is 0 Å². The summed E-state index contributed by atoms with van der Waals surface area (Å²) < 4.78 is 14.3. The van der Waals surface area contributed by atoms with Crippen LogP contribution in [0, 0.1) is 6.92 Å². The Morgan fingerprint density at radius 3 is 2.65 bits per heavy atom. The van der Waals surface area contributed by atoms with Crippen molar-refractivity contribution in [2.75, 3.05) is 0 Å². The third-order valence-corrected chi connectivity index (χ3v) is 4.10. The third kappa shape index (κ3) is 2.64. The van der Waals surface area contributed by atoms with Gasteiger partial charge in [-0.1, -0.05) is 18.2 Å². The Morgan fingerprint density at radius 2 is 2.00 bits per heavy atom.